The minimum absolute atomic E-state index is 0.0843. The highest BCUT2D eigenvalue weighted by atomic mass is 16.3. The van der Waals surface area contributed by atoms with Crippen LogP contribution in [0.3, 0.4) is 0 Å². The van der Waals surface area contributed by atoms with Crippen molar-refractivity contribution < 1.29 is 5.11 Å². The molecule has 1 nitrogen and oxygen atoms in total. The summed E-state index contributed by atoms with van der Waals surface area (Å²) in [5.74, 6) is 0. The summed E-state index contributed by atoms with van der Waals surface area (Å²) in [6.45, 7) is 5.83. The highest BCUT2D eigenvalue weighted by Gasteiger charge is 2.02. The highest BCUT2D eigenvalue weighted by molar-refractivity contribution is 4.96. The molecule has 0 aromatic rings. The van der Waals surface area contributed by atoms with Gasteiger partial charge in [0.25, 0.3) is 0 Å². The van der Waals surface area contributed by atoms with Crippen LogP contribution < -0.4 is 0 Å². The van der Waals surface area contributed by atoms with E-state index in [2.05, 4.69) is 19.6 Å². The highest BCUT2D eigenvalue weighted by Crippen LogP contribution is 2.10. The summed E-state index contributed by atoms with van der Waals surface area (Å²) >= 11 is 0. The van der Waals surface area contributed by atoms with E-state index in [1.165, 1.54) is 25.7 Å². The third-order valence-electron chi connectivity index (χ3n) is 2.57. The van der Waals surface area contributed by atoms with Crippen molar-refractivity contribution in [1.29, 1.82) is 0 Å². The molecule has 0 saturated heterocycles. The molecule has 0 spiro atoms. The predicted octanol–water partition coefficient (Wildman–Crippen LogP) is 4.23. The van der Waals surface area contributed by atoms with Crippen molar-refractivity contribution in [1.82, 2.24) is 0 Å². The Bertz CT molecular complexity index is 161. The van der Waals surface area contributed by atoms with Gasteiger partial charge in [-0.2, -0.15) is 0 Å². The summed E-state index contributed by atoms with van der Waals surface area (Å²) in [6, 6.07) is 0. The van der Waals surface area contributed by atoms with Gasteiger partial charge in [-0.1, -0.05) is 57.4 Å². The van der Waals surface area contributed by atoms with Gasteiger partial charge in [-0.05, 0) is 25.7 Å². The number of hydrogen-bond donors (Lipinski definition) is 1. The number of aliphatic hydroxyl groups excluding tert-OH is 1. The molecule has 1 unspecified atom stereocenters. The molecule has 0 aliphatic carbocycles. The van der Waals surface area contributed by atoms with E-state index < -0.39 is 0 Å². The maximum Gasteiger partial charge on any atom is 0.0540 e. The Morgan fingerprint density at radius 3 is 2.53 bits per heavy atom. The van der Waals surface area contributed by atoms with Crippen LogP contribution in [0.5, 0.6) is 0 Å². The van der Waals surface area contributed by atoms with Crippen LogP contribution in [0.15, 0.2) is 24.8 Å². The zero-order valence-corrected chi connectivity index (χ0v) is 10.1. The lowest BCUT2D eigenvalue weighted by atomic mass is 10.0. The molecule has 0 aromatic carbocycles. The first-order chi connectivity index (χ1) is 7.31. The minimum atomic E-state index is -0.0843. The fourth-order valence-corrected chi connectivity index (χ4v) is 1.61. The molecule has 0 aliphatic rings. The van der Waals surface area contributed by atoms with Gasteiger partial charge in [-0.15, -0.1) is 0 Å². The number of aliphatic hydroxyl groups is 1. The van der Waals surface area contributed by atoms with Crippen LogP contribution in [0.25, 0.3) is 0 Å². The largest absolute Gasteiger partial charge is 0.393 e. The lowest BCUT2D eigenvalue weighted by Gasteiger charge is -2.08. The smallest absolute Gasteiger partial charge is 0.0540 e. The van der Waals surface area contributed by atoms with Crippen LogP contribution in [0.2, 0.25) is 0 Å². The van der Waals surface area contributed by atoms with Crippen molar-refractivity contribution in [2.75, 3.05) is 0 Å². The standard InChI is InChI=1S/C14H26O/c1-3-5-7-9-11-13-14(15)12-10-8-6-4-2/h3,5,7,14-15H,1,4,6,8-13H2,2H3/b7-5-. The van der Waals surface area contributed by atoms with Crippen molar-refractivity contribution >= 4 is 0 Å². The number of hydrogen-bond acceptors (Lipinski definition) is 1. The average Bonchev–Trinajstić information content (AvgIpc) is 2.24. The molecule has 0 aromatic heterocycles. The number of rotatable bonds is 10. The van der Waals surface area contributed by atoms with Crippen LogP contribution in [0.4, 0.5) is 0 Å². The van der Waals surface area contributed by atoms with E-state index in [0.29, 0.717) is 0 Å². The Balaban J connectivity index is 3.21. The van der Waals surface area contributed by atoms with Gasteiger partial charge in [0.2, 0.25) is 0 Å². The van der Waals surface area contributed by atoms with Crippen molar-refractivity contribution in [3.05, 3.63) is 24.8 Å². The normalized spacial score (nSPS) is 13.2. The van der Waals surface area contributed by atoms with E-state index in [1.54, 1.807) is 6.08 Å². The van der Waals surface area contributed by atoms with E-state index in [4.69, 9.17) is 0 Å². The molecule has 0 aliphatic heterocycles. The average molecular weight is 210 g/mol. The Morgan fingerprint density at radius 2 is 1.87 bits per heavy atom. The zero-order valence-electron chi connectivity index (χ0n) is 10.1. The molecular formula is C14H26O. The Labute approximate surface area is 94.9 Å². The second kappa shape index (κ2) is 11.5. The fourth-order valence-electron chi connectivity index (χ4n) is 1.61. The molecule has 88 valence electrons. The van der Waals surface area contributed by atoms with E-state index in [1.807, 2.05) is 6.08 Å². The van der Waals surface area contributed by atoms with Crippen LogP contribution in [-0.4, -0.2) is 11.2 Å². The van der Waals surface area contributed by atoms with Gasteiger partial charge in [0.05, 0.1) is 6.10 Å². The molecule has 1 atom stereocenters. The van der Waals surface area contributed by atoms with E-state index in [9.17, 15) is 5.11 Å². The predicted molar refractivity (Wildman–Crippen MR) is 68.0 cm³/mol. The van der Waals surface area contributed by atoms with E-state index in [-0.39, 0.29) is 6.10 Å². The molecule has 1 N–H and O–H groups in total. The van der Waals surface area contributed by atoms with Gasteiger partial charge in [-0.3, -0.25) is 0 Å². The Kier molecular flexibility index (Phi) is 11.1. The van der Waals surface area contributed by atoms with Crippen LogP contribution >= 0.6 is 0 Å². The molecule has 1 heteroatoms. The minimum Gasteiger partial charge on any atom is -0.393 e. The second-order valence-electron chi connectivity index (χ2n) is 4.10. The Hall–Kier alpha value is -0.560. The summed E-state index contributed by atoms with van der Waals surface area (Å²) in [4.78, 5) is 0. The zero-order chi connectivity index (χ0) is 11.4. The van der Waals surface area contributed by atoms with Gasteiger partial charge >= 0.3 is 0 Å². The topological polar surface area (TPSA) is 20.2 Å². The third-order valence-corrected chi connectivity index (χ3v) is 2.57. The summed E-state index contributed by atoms with van der Waals surface area (Å²) in [5, 5.41) is 9.66. The van der Waals surface area contributed by atoms with Crippen molar-refractivity contribution in [3.63, 3.8) is 0 Å². The second-order valence-corrected chi connectivity index (χ2v) is 4.10. The van der Waals surface area contributed by atoms with Gasteiger partial charge in [0, 0.05) is 0 Å². The molecule has 0 amide bonds. The summed E-state index contributed by atoms with van der Waals surface area (Å²) in [5.41, 5.74) is 0. The molecule has 0 rings (SSSR count). The van der Waals surface area contributed by atoms with Crippen LogP contribution in [0.1, 0.15) is 58.3 Å². The number of unbranched alkanes of at least 4 members (excludes halogenated alkanes) is 4. The third kappa shape index (κ3) is 11.4. The first-order valence-corrected chi connectivity index (χ1v) is 6.26. The lowest BCUT2D eigenvalue weighted by molar-refractivity contribution is 0.148. The van der Waals surface area contributed by atoms with Gasteiger partial charge in [-0.25, -0.2) is 0 Å². The first kappa shape index (κ1) is 14.4. The van der Waals surface area contributed by atoms with Crippen LogP contribution in [-0.2, 0) is 0 Å². The molecule has 0 radical (unpaired) electrons. The van der Waals surface area contributed by atoms with Crippen molar-refractivity contribution in [2.24, 2.45) is 0 Å². The van der Waals surface area contributed by atoms with Crippen LogP contribution in [0, 0.1) is 0 Å². The van der Waals surface area contributed by atoms with Gasteiger partial charge in [0.15, 0.2) is 0 Å². The van der Waals surface area contributed by atoms with E-state index in [0.717, 1.165) is 25.7 Å². The lowest BCUT2D eigenvalue weighted by Crippen LogP contribution is -2.05. The first-order valence-electron chi connectivity index (χ1n) is 6.26. The maximum atomic E-state index is 9.66. The monoisotopic (exact) mass is 210 g/mol. The molecule has 0 saturated carbocycles. The van der Waals surface area contributed by atoms with E-state index >= 15 is 0 Å². The Morgan fingerprint density at radius 1 is 1.13 bits per heavy atom. The summed E-state index contributed by atoms with van der Waals surface area (Å²) in [6.07, 6.45) is 14.8. The fraction of sp³-hybridized carbons (Fsp3) is 0.714. The maximum absolute atomic E-state index is 9.66. The number of allylic oxidation sites excluding steroid dienone is 3. The molecule has 0 bridgehead atoms. The SMILES string of the molecule is C=C/C=C\CCCC(O)CCCCCC. The quantitative estimate of drug-likeness (QED) is 0.422. The molecule has 15 heavy (non-hydrogen) atoms. The summed E-state index contributed by atoms with van der Waals surface area (Å²) in [7, 11) is 0. The van der Waals surface area contributed by atoms with Gasteiger partial charge in [0.1, 0.15) is 0 Å². The molecular weight excluding hydrogens is 184 g/mol. The summed E-state index contributed by atoms with van der Waals surface area (Å²) < 4.78 is 0. The van der Waals surface area contributed by atoms with Crippen molar-refractivity contribution in [2.45, 2.75) is 64.4 Å². The molecule has 0 fully saturated rings. The van der Waals surface area contributed by atoms with Gasteiger partial charge < -0.3 is 5.11 Å². The van der Waals surface area contributed by atoms with Crippen molar-refractivity contribution in [3.8, 4) is 0 Å². The molecule has 0 heterocycles.